The number of nitrogens with two attached hydrogens (primary N) is 1. The topological polar surface area (TPSA) is 64.8 Å². The van der Waals surface area contributed by atoms with E-state index in [-0.39, 0.29) is 5.91 Å². The number of carbonyl (C=O) groups excluding carboxylic acids is 1. The maximum atomic E-state index is 12.7. The molecule has 6 heteroatoms. The molecule has 21 heavy (non-hydrogen) atoms. The minimum absolute atomic E-state index is 0.0593. The van der Waals surface area contributed by atoms with Gasteiger partial charge in [0.1, 0.15) is 0 Å². The van der Waals surface area contributed by atoms with Crippen LogP contribution in [0.1, 0.15) is 15.9 Å². The zero-order valence-electron chi connectivity index (χ0n) is 12.5. The Morgan fingerprint density at radius 2 is 1.76 bits per heavy atom. The number of benzene rings is 1. The molecule has 0 fully saturated rings. The predicted molar refractivity (Wildman–Crippen MR) is 86.6 cm³/mol. The molecule has 0 saturated heterocycles. The maximum absolute atomic E-state index is 12.7. The zero-order valence-corrected chi connectivity index (χ0v) is 13.3. The Hall–Kier alpha value is -1.50. The summed E-state index contributed by atoms with van der Waals surface area (Å²) in [6.45, 7) is 1.99. The maximum Gasteiger partial charge on any atom is 0.254 e. The Kier molecular flexibility index (Phi) is 7.89. The van der Waals surface area contributed by atoms with Crippen LogP contribution in [0.25, 0.3) is 0 Å². The lowest BCUT2D eigenvalue weighted by Crippen LogP contribution is -2.37. The van der Waals surface area contributed by atoms with Crippen LogP contribution in [0.15, 0.2) is 24.3 Å². The lowest BCUT2D eigenvalue weighted by atomic mass is 10.0. The van der Waals surface area contributed by atoms with E-state index in [4.69, 9.17) is 27.4 Å². The van der Waals surface area contributed by atoms with Crippen molar-refractivity contribution in [3.8, 4) is 0 Å². The molecular formula is C15H22N2O3S. The van der Waals surface area contributed by atoms with Gasteiger partial charge in [0, 0.05) is 39.3 Å². The van der Waals surface area contributed by atoms with Crippen LogP contribution in [0.3, 0.4) is 0 Å². The van der Waals surface area contributed by atoms with Crippen LogP contribution in [-0.2, 0) is 15.9 Å². The largest absolute Gasteiger partial charge is 0.393 e. The summed E-state index contributed by atoms with van der Waals surface area (Å²) < 4.78 is 10.1. The predicted octanol–water partition coefficient (Wildman–Crippen LogP) is 1.25. The molecule has 0 atom stereocenters. The molecule has 0 heterocycles. The molecule has 1 aromatic carbocycles. The third-order valence-electron chi connectivity index (χ3n) is 3.03. The van der Waals surface area contributed by atoms with Gasteiger partial charge in [0.05, 0.1) is 18.2 Å². The molecule has 5 nitrogen and oxygen atoms in total. The van der Waals surface area contributed by atoms with Gasteiger partial charge in [0.2, 0.25) is 0 Å². The summed E-state index contributed by atoms with van der Waals surface area (Å²) in [7, 11) is 3.22. The number of amides is 1. The normalized spacial score (nSPS) is 10.4. The van der Waals surface area contributed by atoms with Crippen molar-refractivity contribution in [3.63, 3.8) is 0 Å². The first-order valence-electron chi connectivity index (χ1n) is 6.73. The van der Waals surface area contributed by atoms with E-state index in [0.717, 1.165) is 5.56 Å². The fourth-order valence-corrected chi connectivity index (χ4v) is 2.11. The first-order chi connectivity index (χ1) is 10.1. The summed E-state index contributed by atoms with van der Waals surface area (Å²) in [6.07, 6.45) is 0.416. The lowest BCUT2D eigenvalue weighted by Gasteiger charge is -2.23. The van der Waals surface area contributed by atoms with E-state index >= 15 is 0 Å². The third-order valence-corrected chi connectivity index (χ3v) is 3.17. The molecule has 0 spiro atoms. The fourth-order valence-electron chi connectivity index (χ4n) is 1.96. The minimum atomic E-state index is -0.0593. The van der Waals surface area contributed by atoms with E-state index in [2.05, 4.69) is 0 Å². The molecule has 0 saturated carbocycles. The van der Waals surface area contributed by atoms with Crippen molar-refractivity contribution in [3.05, 3.63) is 35.4 Å². The zero-order chi connectivity index (χ0) is 15.7. The molecule has 1 amide bonds. The average Bonchev–Trinajstić information content (AvgIpc) is 2.47. The first kappa shape index (κ1) is 17.6. The van der Waals surface area contributed by atoms with Crippen molar-refractivity contribution in [2.45, 2.75) is 6.42 Å². The third kappa shape index (κ3) is 5.79. The molecule has 0 aromatic heterocycles. The van der Waals surface area contributed by atoms with Crippen molar-refractivity contribution in [1.29, 1.82) is 0 Å². The highest BCUT2D eigenvalue weighted by atomic mass is 32.1. The Morgan fingerprint density at radius 1 is 1.19 bits per heavy atom. The second-order valence-corrected chi connectivity index (χ2v) is 5.10. The molecule has 0 unspecified atom stereocenters. The van der Waals surface area contributed by atoms with Crippen molar-refractivity contribution < 1.29 is 14.3 Å². The number of carbonyl (C=O) groups is 1. The molecule has 0 bridgehead atoms. The van der Waals surface area contributed by atoms with Crippen molar-refractivity contribution in [2.24, 2.45) is 5.73 Å². The molecule has 1 rings (SSSR count). The number of thiocarbonyl (C=S) groups is 1. The molecule has 1 aromatic rings. The second kappa shape index (κ2) is 9.44. The Morgan fingerprint density at radius 3 is 2.29 bits per heavy atom. The number of methoxy groups -OCH3 is 2. The van der Waals surface area contributed by atoms with Gasteiger partial charge in [-0.1, -0.05) is 30.4 Å². The summed E-state index contributed by atoms with van der Waals surface area (Å²) in [5, 5.41) is 0. The molecular weight excluding hydrogens is 288 g/mol. The summed E-state index contributed by atoms with van der Waals surface area (Å²) in [4.78, 5) is 14.8. The van der Waals surface area contributed by atoms with Crippen molar-refractivity contribution in [2.75, 3.05) is 40.5 Å². The van der Waals surface area contributed by atoms with E-state index in [9.17, 15) is 4.79 Å². The van der Waals surface area contributed by atoms with Crippen LogP contribution in [0, 0.1) is 0 Å². The van der Waals surface area contributed by atoms with Crippen LogP contribution in [0.5, 0.6) is 0 Å². The van der Waals surface area contributed by atoms with E-state index < -0.39 is 0 Å². The molecule has 0 aliphatic carbocycles. The highest BCUT2D eigenvalue weighted by molar-refractivity contribution is 7.80. The number of nitrogens with zero attached hydrogens (tertiary/aromatic N) is 1. The SMILES string of the molecule is COCCN(CCOC)C(=O)c1ccccc1CC(N)=S. The van der Waals surface area contributed by atoms with Crippen LogP contribution >= 0.6 is 12.2 Å². The molecule has 116 valence electrons. The Labute approximate surface area is 131 Å². The van der Waals surface area contributed by atoms with Crippen molar-refractivity contribution in [1.82, 2.24) is 4.90 Å². The monoisotopic (exact) mass is 310 g/mol. The average molecular weight is 310 g/mol. The van der Waals surface area contributed by atoms with Gasteiger partial charge in [0.25, 0.3) is 5.91 Å². The standard InChI is InChI=1S/C15H22N2O3S/c1-19-9-7-17(8-10-20-2)15(18)13-6-4-3-5-12(13)11-14(16)21/h3-6H,7-11H2,1-2H3,(H2,16,21). The lowest BCUT2D eigenvalue weighted by molar-refractivity contribution is 0.0626. The minimum Gasteiger partial charge on any atom is -0.393 e. The van der Waals surface area contributed by atoms with Crippen LogP contribution in [0.4, 0.5) is 0 Å². The molecule has 2 N–H and O–H groups in total. The molecule has 0 aliphatic rings. The summed E-state index contributed by atoms with van der Waals surface area (Å²) in [5.41, 5.74) is 7.06. The van der Waals surface area contributed by atoms with Gasteiger partial charge >= 0.3 is 0 Å². The molecule has 0 radical (unpaired) electrons. The van der Waals surface area contributed by atoms with Gasteiger partial charge in [-0.25, -0.2) is 0 Å². The highest BCUT2D eigenvalue weighted by Crippen LogP contribution is 2.13. The number of ether oxygens (including phenoxy) is 2. The summed E-state index contributed by atoms with van der Waals surface area (Å²) >= 11 is 4.94. The van der Waals surface area contributed by atoms with E-state index in [1.165, 1.54) is 0 Å². The second-order valence-electron chi connectivity index (χ2n) is 4.58. The number of hydrogen-bond donors (Lipinski definition) is 1. The van der Waals surface area contributed by atoms with E-state index in [0.29, 0.717) is 43.3 Å². The van der Waals surface area contributed by atoms with E-state index in [1.807, 2.05) is 18.2 Å². The molecule has 0 aliphatic heterocycles. The van der Waals surface area contributed by atoms with Gasteiger partial charge in [0.15, 0.2) is 0 Å². The first-order valence-corrected chi connectivity index (χ1v) is 7.14. The summed E-state index contributed by atoms with van der Waals surface area (Å²) in [6, 6.07) is 7.37. The van der Waals surface area contributed by atoms with Crippen molar-refractivity contribution >= 4 is 23.1 Å². The van der Waals surface area contributed by atoms with Gasteiger partial charge in [-0.2, -0.15) is 0 Å². The highest BCUT2D eigenvalue weighted by Gasteiger charge is 2.18. The van der Waals surface area contributed by atoms with Gasteiger partial charge in [-0.15, -0.1) is 0 Å². The van der Waals surface area contributed by atoms with Crippen LogP contribution in [0.2, 0.25) is 0 Å². The summed E-state index contributed by atoms with van der Waals surface area (Å²) in [5.74, 6) is -0.0593. The van der Waals surface area contributed by atoms with Gasteiger partial charge in [-0.05, 0) is 11.6 Å². The Balaban J connectivity index is 2.93. The number of rotatable bonds is 9. The quantitative estimate of drug-likeness (QED) is 0.696. The van der Waals surface area contributed by atoms with E-state index in [1.54, 1.807) is 25.2 Å². The van der Waals surface area contributed by atoms with Crippen LogP contribution < -0.4 is 5.73 Å². The van der Waals surface area contributed by atoms with Crippen LogP contribution in [-0.4, -0.2) is 56.3 Å². The number of hydrogen-bond acceptors (Lipinski definition) is 4. The van der Waals surface area contributed by atoms with Gasteiger partial charge < -0.3 is 20.1 Å². The smallest absolute Gasteiger partial charge is 0.254 e. The van der Waals surface area contributed by atoms with Gasteiger partial charge in [-0.3, -0.25) is 4.79 Å². The Bertz CT molecular complexity index is 472. The fraction of sp³-hybridized carbons (Fsp3) is 0.467.